The van der Waals surface area contributed by atoms with Crippen molar-refractivity contribution in [1.29, 1.82) is 0 Å². The molecule has 2 aromatic rings. The van der Waals surface area contributed by atoms with Gasteiger partial charge in [0, 0.05) is 12.6 Å². The van der Waals surface area contributed by atoms with Gasteiger partial charge in [0.25, 0.3) is 0 Å². The summed E-state index contributed by atoms with van der Waals surface area (Å²) in [6.07, 6.45) is 7.30. The Morgan fingerprint density at radius 3 is 2.15 bits per heavy atom. The Bertz CT molecular complexity index is 830. The predicted octanol–water partition coefficient (Wildman–Crippen LogP) is 5.68. The molecule has 2 aromatic carbocycles. The molecule has 0 bridgehead atoms. The van der Waals surface area contributed by atoms with Crippen molar-refractivity contribution in [3.63, 3.8) is 0 Å². The highest BCUT2D eigenvalue weighted by atomic mass is 19.1. The van der Waals surface area contributed by atoms with Crippen LogP contribution in [0.25, 0.3) is 0 Å². The summed E-state index contributed by atoms with van der Waals surface area (Å²) in [5.74, 6) is -0.196. The van der Waals surface area contributed by atoms with Crippen molar-refractivity contribution in [3.05, 3.63) is 83.4 Å². The van der Waals surface area contributed by atoms with E-state index in [9.17, 15) is 13.6 Å². The van der Waals surface area contributed by atoms with E-state index in [2.05, 4.69) is 4.90 Å². The molecule has 33 heavy (non-hydrogen) atoms. The number of esters is 1. The Balaban J connectivity index is 1.44. The molecule has 6 heteroatoms. The molecule has 3 rings (SSSR count). The summed E-state index contributed by atoms with van der Waals surface area (Å²) < 4.78 is 37.8. The lowest BCUT2D eigenvalue weighted by Gasteiger charge is -2.32. The number of likely N-dealkylation sites (tertiary alicyclic amines) is 1. The fraction of sp³-hybridized carbons (Fsp3) is 0.444. The molecule has 0 atom stereocenters. The van der Waals surface area contributed by atoms with E-state index in [4.69, 9.17) is 9.47 Å². The number of benzene rings is 2. The standard InChI is InChI=1S/C27H33F2NO3/c1-2-32-26(31)6-4-3-5-21-15-17-30(18-16-21)19-20-33-27(22-7-11-24(28)12-8-22)23-9-13-25(29)14-10-23/h4,6-14,21,27H,2-3,5,15-20H2,1H3/b6-4+. The minimum Gasteiger partial charge on any atom is -0.463 e. The molecule has 1 aliphatic heterocycles. The first kappa shape index (κ1) is 25.1. The molecule has 0 aromatic heterocycles. The van der Waals surface area contributed by atoms with Gasteiger partial charge in [-0.15, -0.1) is 0 Å². The monoisotopic (exact) mass is 457 g/mol. The third-order valence-corrected chi connectivity index (χ3v) is 6.03. The van der Waals surface area contributed by atoms with Crippen LogP contribution in [0.4, 0.5) is 8.78 Å². The number of rotatable bonds is 11. The summed E-state index contributed by atoms with van der Waals surface area (Å²) >= 11 is 0. The maximum absolute atomic E-state index is 13.4. The smallest absolute Gasteiger partial charge is 0.330 e. The van der Waals surface area contributed by atoms with E-state index in [-0.39, 0.29) is 23.7 Å². The van der Waals surface area contributed by atoms with Gasteiger partial charge in [-0.2, -0.15) is 0 Å². The van der Waals surface area contributed by atoms with Gasteiger partial charge < -0.3 is 14.4 Å². The summed E-state index contributed by atoms with van der Waals surface area (Å²) in [5, 5.41) is 0. The van der Waals surface area contributed by atoms with Crippen molar-refractivity contribution in [2.24, 2.45) is 5.92 Å². The molecule has 0 saturated carbocycles. The molecule has 0 N–H and O–H groups in total. The van der Waals surface area contributed by atoms with Crippen molar-refractivity contribution >= 4 is 5.97 Å². The van der Waals surface area contributed by atoms with E-state index in [1.807, 2.05) is 6.08 Å². The average molecular weight is 458 g/mol. The highest BCUT2D eigenvalue weighted by molar-refractivity contribution is 5.81. The highest BCUT2D eigenvalue weighted by Crippen LogP contribution is 2.27. The van der Waals surface area contributed by atoms with Crippen LogP contribution in [0.3, 0.4) is 0 Å². The van der Waals surface area contributed by atoms with Crippen molar-refractivity contribution in [2.75, 3.05) is 32.8 Å². The summed E-state index contributed by atoms with van der Waals surface area (Å²) in [6, 6.07) is 12.5. The Hall–Kier alpha value is -2.57. The zero-order chi connectivity index (χ0) is 23.5. The van der Waals surface area contributed by atoms with Gasteiger partial charge in [0.15, 0.2) is 0 Å². The summed E-state index contributed by atoms with van der Waals surface area (Å²) in [4.78, 5) is 13.7. The molecule has 4 nitrogen and oxygen atoms in total. The molecule has 1 heterocycles. The third kappa shape index (κ3) is 8.37. The van der Waals surface area contributed by atoms with Crippen molar-refractivity contribution in [1.82, 2.24) is 4.90 Å². The van der Waals surface area contributed by atoms with Crippen molar-refractivity contribution in [3.8, 4) is 0 Å². The first-order chi connectivity index (χ1) is 16.0. The van der Waals surface area contributed by atoms with Crippen LogP contribution in [-0.2, 0) is 14.3 Å². The fourth-order valence-electron chi connectivity index (χ4n) is 4.16. The first-order valence-corrected chi connectivity index (χ1v) is 11.7. The minimum atomic E-state index is -0.366. The van der Waals surface area contributed by atoms with Gasteiger partial charge in [0.05, 0.1) is 13.2 Å². The quantitative estimate of drug-likeness (QED) is 0.321. The molecule has 1 fully saturated rings. The largest absolute Gasteiger partial charge is 0.463 e. The second-order valence-electron chi connectivity index (χ2n) is 8.37. The zero-order valence-electron chi connectivity index (χ0n) is 19.2. The lowest BCUT2D eigenvalue weighted by molar-refractivity contribution is -0.137. The molecule has 0 unspecified atom stereocenters. The van der Waals surface area contributed by atoms with Crippen LogP contribution in [0, 0.1) is 17.6 Å². The lowest BCUT2D eigenvalue weighted by Crippen LogP contribution is -2.36. The number of carbonyl (C=O) groups excluding carboxylic acids is 1. The van der Waals surface area contributed by atoms with Crippen LogP contribution in [0.2, 0.25) is 0 Å². The van der Waals surface area contributed by atoms with E-state index in [0.29, 0.717) is 19.1 Å². The minimum absolute atomic E-state index is 0.271. The van der Waals surface area contributed by atoms with Crippen LogP contribution in [0.15, 0.2) is 60.7 Å². The molecular formula is C27H33F2NO3. The normalized spacial score (nSPS) is 15.4. The first-order valence-electron chi connectivity index (χ1n) is 11.7. The lowest BCUT2D eigenvalue weighted by atomic mass is 9.92. The molecule has 1 aliphatic rings. The average Bonchev–Trinajstić information content (AvgIpc) is 2.82. The second kappa shape index (κ2) is 13.2. The number of ether oxygens (including phenoxy) is 2. The molecule has 0 amide bonds. The Morgan fingerprint density at radius 2 is 1.61 bits per heavy atom. The molecule has 0 aliphatic carbocycles. The maximum atomic E-state index is 13.4. The number of hydrogen-bond acceptors (Lipinski definition) is 4. The number of halogens is 2. The van der Waals surface area contributed by atoms with Crippen molar-refractivity contribution in [2.45, 2.75) is 38.7 Å². The molecule has 1 saturated heterocycles. The van der Waals surface area contributed by atoms with E-state index >= 15 is 0 Å². The SMILES string of the molecule is CCOC(=O)/C=C/CCC1CCN(CCOC(c2ccc(F)cc2)c2ccc(F)cc2)CC1. The van der Waals surface area contributed by atoms with Gasteiger partial charge in [-0.05, 0) is 87.0 Å². The predicted molar refractivity (Wildman–Crippen MR) is 125 cm³/mol. The van der Waals surface area contributed by atoms with Gasteiger partial charge in [0.2, 0.25) is 0 Å². The van der Waals surface area contributed by atoms with Gasteiger partial charge in [-0.3, -0.25) is 0 Å². The van der Waals surface area contributed by atoms with Crippen LogP contribution in [0.5, 0.6) is 0 Å². The zero-order valence-corrected chi connectivity index (χ0v) is 19.2. The Morgan fingerprint density at radius 1 is 1.03 bits per heavy atom. The molecular weight excluding hydrogens is 424 g/mol. The van der Waals surface area contributed by atoms with E-state index in [1.165, 1.54) is 30.3 Å². The van der Waals surface area contributed by atoms with Crippen LogP contribution < -0.4 is 0 Å². The van der Waals surface area contributed by atoms with Crippen LogP contribution >= 0.6 is 0 Å². The van der Waals surface area contributed by atoms with Gasteiger partial charge in [0.1, 0.15) is 17.7 Å². The van der Waals surface area contributed by atoms with Crippen molar-refractivity contribution < 1.29 is 23.0 Å². The summed E-state index contributed by atoms with van der Waals surface area (Å²) in [6.45, 7) is 5.59. The van der Waals surface area contributed by atoms with Gasteiger partial charge >= 0.3 is 5.97 Å². The fourth-order valence-corrected chi connectivity index (χ4v) is 4.16. The Kier molecular flexibility index (Phi) is 10.0. The number of nitrogens with zero attached hydrogens (tertiary/aromatic N) is 1. The number of piperidine rings is 1. The van der Waals surface area contributed by atoms with Gasteiger partial charge in [-0.1, -0.05) is 30.3 Å². The molecule has 178 valence electrons. The molecule has 0 spiro atoms. The highest BCUT2D eigenvalue weighted by Gasteiger charge is 2.20. The number of allylic oxidation sites excluding steroid dienone is 1. The second-order valence-corrected chi connectivity index (χ2v) is 8.37. The topological polar surface area (TPSA) is 38.8 Å². The van der Waals surface area contributed by atoms with Gasteiger partial charge in [-0.25, -0.2) is 13.6 Å². The third-order valence-electron chi connectivity index (χ3n) is 6.03. The van der Waals surface area contributed by atoms with Crippen LogP contribution in [-0.4, -0.2) is 43.7 Å². The molecule has 0 radical (unpaired) electrons. The van der Waals surface area contributed by atoms with E-state index in [1.54, 1.807) is 31.2 Å². The Labute approximate surface area is 195 Å². The van der Waals surface area contributed by atoms with E-state index < -0.39 is 0 Å². The van der Waals surface area contributed by atoms with Crippen LogP contribution in [0.1, 0.15) is 49.8 Å². The number of carbonyl (C=O) groups is 1. The maximum Gasteiger partial charge on any atom is 0.330 e. The number of hydrogen-bond donors (Lipinski definition) is 0. The summed E-state index contributed by atoms with van der Waals surface area (Å²) in [5.41, 5.74) is 1.69. The summed E-state index contributed by atoms with van der Waals surface area (Å²) in [7, 11) is 0. The van der Waals surface area contributed by atoms with E-state index in [0.717, 1.165) is 56.4 Å².